The van der Waals surface area contributed by atoms with Gasteiger partial charge in [0.2, 0.25) is 0 Å². The quantitative estimate of drug-likeness (QED) is 0.347. The normalized spacial score (nSPS) is 43.7. The Labute approximate surface area is 192 Å². The summed E-state index contributed by atoms with van der Waals surface area (Å²) < 4.78 is 24.2. The molecule has 0 aliphatic heterocycles. The molecule has 0 N–H and O–H groups in total. The molecule has 4 fully saturated rings. The molecule has 0 aromatic heterocycles. The Balaban J connectivity index is 1.44. The van der Waals surface area contributed by atoms with E-state index in [2.05, 4.69) is 20.8 Å². The Morgan fingerprint density at radius 2 is 1.58 bits per heavy atom. The van der Waals surface area contributed by atoms with Crippen molar-refractivity contribution < 1.29 is 13.6 Å². The zero-order valence-corrected chi connectivity index (χ0v) is 21.9. The molecule has 3 nitrogen and oxygen atoms in total. The van der Waals surface area contributed by atoms with Gasteiger partial charge in [-0.2, -0.15) is 0 Å². The summed E-state index contributed by atoms with van der Waals surface area (Å²) >= 11 is 0. The molecular weight excluding hydrogens is 403 g/mol. The van der Waals surface area contributed by atoms with E-state index in [9.17, 15) is 4.57 Å². The van der Waals surface area contributed by atoms with Crippen LogP contribution in [0.25, 0.3) is 0 Å². The minimum absolute atomic E-state index is 0.470. The average Bonchev–Trinajstić information content (AvgIpc) is 3.09. The molecule has 0 spiro atoms. The molecular formula is C27H49O3P. The Kier molecular flexibility index (Phi) is 7.38. The largest absolute Gasteiger partial charge is 0.330 e. The van der Waals surface area contributed by atoms with Crippen LogP contribution in [-0.2, 0) is 13.6 Å². The first-order valence-corrected chi connectivity index (χ1v) is 15.4. The molecule has 4 aliphatic rings. The lowest BCUT2D eigenvalue weighted by Gasteiger charge is -2.61. The standard InChI is InChI=1S/C27H49O3P/c1-6-29-31(28,30-7-2)19-16-20(3)23-13-14-24-22-12-11-21-10-8-9-17-26(21,4)25(22)15-18-27(23,24)5/h20-25H,6-19H2,1-5H3/t20-,21?,22?,23?,24?,25?,26?,27-/m1/s1. The van der Waals surface area contributed by atoms with E-state index in [1.807, 2.05) is 13.8 Å². The minimum Gasteiger partial charge on any atom is -0.309 e. The van der Waals surface area contributed by atoms with Crippen molar-refractivity contribution in [2.75, 3.05) is 19.4 Å². The first kappa shape index (κ1) is 24.3. The fourth-order valence-electron chi connectivity index (χ4n) is 9.39. The van der Waals surface area contributed by atoms with E-state index in [0.29, 0.717) is 36.1 Å². The van der Waals surface area contributed by atoms with E-state index < -0.39 is 7.60 Å². The second-order valence-corrected chi connectivity index (χ2v) is 14.3. The lowest BCUT2D eigenvalue weighted by molar-refractivity contribution is -0.114. The van der Waals surface area contributed by atoms with E-state index in [0.717, 1.165) is 36.0 Å². The average molecular weight is 453 g/mol. The molecule has 180 valence electrons. The van der Waals surface area contributed by atoms with Gasteiger partial charge in [-0.05, 0) is 118 Å². The minimum atomic E-state index is -2.92. The third kappa shape index (κ3) is 4.35. The maximum Gasteiger partial charge on any atom is 0.330 e. The van der Waals surface area contributed by atoms with Gasteiger partial charge in [0, 0.05) is 0 Å². The van der Waals surface area contributed by atoms with Crippen molar-refractivity contribution in [1.29, 1.82) is 0 Å². The van der Waals surface area contributed by atoms with Gasteiger partial charge in [0.05, 0.1) is 19.4 Å². The molecule has 0 aromatic carbocycles. The van der Waals surface area contributed by atoms with Gasteiger partial charge in [-0.25, -0.2) is 0 Å². The lowest BCUT2D eigenvalue weighted by Crippen LogP contribution is -2.53. The molecule has 0 amide bonds. The number of hydrogen-bond donors (Lipinski definition) is 0. The number of rotatable bonds is 8. The van der Waals surface area contributed by atoms with Crippen LogP contribution in [0.3, 0.4) is 0 Å². The summed E-state index contributed by atoms with van der Waals surface area (Å²) in [5.41, 5.74) is 1.12. The third-order valence-electron chi connectivity index (χ3n) is 10.9. The van der Waals surface area contributed by atoms with Crippen molar-refractivity contribution in [3.05, 3.63) is 0 Å². The molecule has 4 rings (SSSR count). The highest BCUT2D eigenvalue weighted by molar-refractivity contribution is 7.53. The molecule has 0 heterocycles. The summed E-state index contributed by atoms with van der Waals surface area (Å²) in [6.07, 6.45) is 16.2. The van der Waals surface area contributed by atoms with E-state index in [-0.39, 0.29) is 0 Å². The van der Waals surface area contributed by atoms with E-state index >= 15 is 0 Å². The Morgan fingerprint density at radius 3 is 2.29 bits per heavy atom. The van der Waals surface area contributed by atoms with Crippen LogP contribution >= 0.6 is 7.60 Å². The second kappa shape index (κ2) is 9.42. The summed E-state index contributed by atoms with van der Waals surface area (Å²) in [4.78, 5) is 0. The SMILES string of the molecule is CCOP(=O)(CC[C@@H](C)C1CCC2C3CCC4CCCCC4(C)C3CC[C@@]21C)OCC. The van der Waals surface area contributed by atoms with Gasteiger partial charge in [-0.15, -0.1) is 0 Å². The van der Waals surface area contributed by atoms with Crippen LogP contribution in [0.1, 0.15) is 105 Å². The Morgan fingerprint density at radius 1 is 0.871 bits per heavy atom. The highest BCUT2D eigenvalue weighted by atomic mass is 31.2. The summed E-state index contributed by atoms with van der Waals surface area (Å²) in [5.74, 6) is 5.25. The molecule has 4 heteroatoms. The third-order valence-corrected chi connectivity index (χ3v) is 13.0. The van der Waals surface area contributed by atoms with E-state index in [1.165, 1.54) is 64.2 Å². The maximum atomic E-state index is 13.0. The molecule has 4 aliphatic carbocycles. The van der Waals surface area contributed by atoms with Crippen LogP contribution in [-0.4, -0.2) is 19.4 Å². The molecule has 31 heavy (non-hydrogen) atoms. The monoisotopic (exact) mass is 452 g/mol. The van der Waals surface area contributed by atoms with Crippen molar-refractivity contribution in [2.45, 2.75) is 105 Å². The molecule has 8 atom stereocenters. The van der Waals surface area contributed by atoms with Crippen LogP contribution in [0, 0.1) is 46.3 Å². The fourth-order valence-corrected chi connectivity index (χ4v) is 11.2. The smallest absolute Gasteiger partial charge is 0.309 e. The molecule has 6 unspecified atom stereocenters. The molecule has 0 bridgehead atoms. The second-order valence-electron chi connectivity index (χ2n) is 12.1. The maximum absolute atomic E-state index is 13.0. The number of hydrogen-bond acceptors (Lipinski definition) is 3. The van der Waals surface area contributed by atoms with Gasteiger partial charge in [0.25, 0.3) is 0 Å². The van der Waals surface area contributed by atoms with Crippen LogP contribution in [0.5, 0.6) is 0 Å². The fraction of sp³-hybridized carbons (Fsp3) is 1.00. The first-order chi connectivity index (χ1) is 14.8. The van der Waals surface area contributed by atoms with E-state index in [4.69, 9.17) is 9.05 Å². The van der Waals surface area contributed by atoms with Crippen molar-refractivity contribution in [3.63, 3.8) is 0 Å². The van der Waals surface area contributed by atoms with Crippen molar-refractivity contribution in [3.8, 4) is 0 Å². The summed E-state index contributed by atoms with van der Waals surface area (Å²) in [5, 5.41) is 0. The Bertz CT molecular complexity index is 655. The molecule has 0 aromatic rings. The van der Waals surface area contributed by atoms with Gasteiger partial charge < -0.3 is 9.05 Å². The predicted octanol–water partition coefficient (Wildman–Crippen LogP) is 8.33. The summed E-state index contributed by atoms with van der Waals surface area (Å²) in [6.45, 7) is 12.5. The molecule has 0 radical (unpaired) electrons. The zero-order valence-electron chi connectivity index (χ0n) is 21.0. The predicted molar refractivity (Wildman–Crippen MR) is 129 cm³/mol. The van der Waals surface area contributed by atoms with Crippen molar-refractivity contribution >= 4 is 7.60 Å². The van der Waals surface area contributed by atoms with Gasteiger partial charge in [-0.3, -0.25) is 4.57 Å². The van der Waals surface area contributed by atoms with E-state index in [1.54, 1.807) is 0 Å². The summed E-state index contributed by atoms with van der Waals surface area (Å²) in [7, 11) is -2.92. The first-order valence-electron chi connectivity index (χ1n) is 13.7. The topological polar surface area (TPSA) is 35.5 Å². The lowest BCUT2D eigenvalue weighted by atomic mass is 9.44. The summed E-state index contributed by atoms with van der Waals surface area (Å²) in [6, 6.07) is 0. The van der Waals surface area contributed by atoms with Gasteiger partial charge in [0.15, 0.2) is 0 Å². The van der Waals surface area contributed by atoms with Gasteiger partial charge in [-0.1, -0.05) is 33.6 Å². The highest BCUT2D eigenvalue weighted by Gasteiger charge is 2.60. The van der Waals surface area contributed by atoms with Crippen molar-refractivity contribution in [2.24, 2.45) is 46.3 Å². The molecule has 4 saturated carbocycles. The van der Waals surface area contributed by atoms with Crippen LogP contribution in [0.2, 0.25) is 0 Å². The molecule has 0 saturated heterocycles. The Hall–Kier alpha value is 0.150. The number of fused-ring (bicyclic) bond motifs is 5. The van der Waals surface area contributed by atoms with Crippen molar-refractivity contribution in [1.82, 2.24) is 0 Å². The van der Waals surface area contributed by atoms with Gasteiger partial charge >= 0.3 is 7.60 Å². The van der Waals surface area contributed by atoms with Crippen LogP contribution in [0.4, 0.5) is 0 Å². The highest BCUT2D eigenvalue weighted by Crippen LogP contribution is 2.68. The zero-order chi connectivity index (χ0) is 22.3. The van der Waals surface area contributed by atoms with Crippen LogP contribution in [0.15, 0.2) is 0 Å². The van der Waals surface area contributed by atoms with Crippen LogP contribution < -0.4 is 0 Å². The van der Waals surface area contributed by atoms with Gasteiger partial charge in [0.1, 0.15) is 0 Å².